The van der Waals surface area contributed by atoms with Crippen molar-refractivity contribution in [1.29, 1.82) is 0 Å². The van der Waals surface area contributed by atoms with Gasteiger partial charge in [0.1, 0.15) is 0 Å². The summed E-state index contributed by atoms with van der Waals surface area (Å²) in [6.07, 6.45) is 3.27. The fourth-order valence-electron chi connectivity index (χ4n) is 1.89. The second-order valence-corrected chi connectivity index (χ2v) is 4.49. The van der Waals surface area contributed by atoms with Gasteiger partial charge in [0.05, 0.1) is 5.02 Å². The van der Waals surface area contributed by atoms with Crippen molar-refractivity contribution >= 4 is 23.6 Å². The lowest BCUT2D eigenvalue weighted by molar-refractivity contribution is -0.125. The lowest BCUT2D eigenvalue weighted by Gasteiger charge is -2.15. The Morgan fingerprint density at radius 1 is 1.37 bits per heavy atom. The van der Waals surface area contributed by atoms with Crippen molar-refractivity contribution in [3.8, 4) is 11.5 Å². The number of ether oxygens (including phenoxy) is 2. The number of nitrogens with zero attached hydrogens (tertiary/aromatic N) is 1. The Balaban J connectivity index is 2.16. The zero-order chi connectivity index (χ0) is 13.8. The van der Waals surface area contributed by atoms with Crippen molar-refractivity contribution in [1.82, 2.24) is 4.90 Å². The van der Waals surface area contributed by atoms with E-state index in [0.29, 0.717) is 29.6 Å². The van der Waals surface area contributed by atoms with Crippen LogP contribution in [-0.2, 0) is 4.79 Å². The topological polar surface area (TPSA) is 38.8 Å². The predicted octanol–water partition coefficient (Wildman–Crippen LogP) is 2.95. The minimum absolute atomic E-state index is 0.0150. The van der Waals surface area contributed by atoms with Gasteiger partial charge in [-0.2, -0.15) is 0 Å². The van der Waals surface area contributed by atoms with Gasteiger partial charge in [-0.3, -0.25) is 4.79 Å². The number of carbonyl (C=O) groups is 1. The molecule has 0 bridgehead atoms. The molecule has 1 aliphatic heterocycles. The van der Waals surface area contributed by atoms with E-state index in [4.69, 9.17) is 21.1 Å². The quantitative estimate of drug-likeness (QED) is 0.797. The standard InChI is InChI=1S/C14H16ClNO3/c1-3-16(4-2)13(17)6-5-10-7-11(15)14-12(8-10)18-9-19-14/h5-8H,3-4,9H2,1-2H3. The molecule has 1 heterocycles. The molecule has 0 atom stereocenters. The Labute approximate surface area is 117 Å². The second-order valence-electron chi connectivity index (χ2n) is 4.08. The highest BCUT2D eigenvalue weighted by molar-refractivity contribution is 6.32. The summed E-state index contributed by atoms with van der Waals surface area (Å²) in [5.74, 6) is 1.16. The SMILES string of the molecule is CCN(CC)C(=O)C=Cc1cc(Cl)c2c(c1)OCO2. The van der Waals surface area contributed by atoms with Crippen LogP contribution in [0.1, 0.15) is 19.4 Å². The minimum atomic E-state index is -0.0150. The molecule has 102 valence electrons. The van der Waals surface area contributed by atoms with Crippen LogP contribution in [0.4, 0.5) is 0 Å². The summed E-state index contributed by atoms with van der Waals surface area (Å²) in [6, 6.07) is 3.56. The zero-order valence-electron chi connectivity index (χ0n) is 11.0. The highest BCUT2D eigenvalue weighted by Gasteiger charge is 2.17. The van der Waals surface area contributed by atoms with Crippen LogP contribution in [0.15, 0.2) is 18.2 Å². The van der Waals surface area contributed by atoms with E-state index in [-0.39, 0.29) is 12.7 Å². The van der Waals surface area contributed by atoms with Gasteiger partial charge in [-0.25, -0.2) is 0 Å². The first-order valence-corrected chi connectivity index (χ1v) is 6.59. The average Bonchev–Trinajstić information content (AvgIpc) is 2.86. The van der Waals surface area contributed by atoms with Gasteiger partial charge in [-0.15, -0.1) is 0 Å². The van der Waals surface area contributed by atoms with E-state index in [1.165, 1.54) is 0 Å². The van der Waals surface area contributed by atoms with Gasteiger partial charge in [0.25, 0.3) is 0 Å². The minimum Gasteiger partial charge on any atom is -0.454 e. The smallest absolute Gasteiger partial charge is 0.246 e. The molecule has 1 amide bonds. The van der Waals surface area contributed by atoms with E-state index in [0.717, 1.165) is 5.56 Å². The molecule has 0 saturated carbocycles. The summed E-state index contributed by atoms with van der Waals surface area (Å²) in [5, 5.41) is 0.491. The molecule has 0 spiro atoms. The maximum absolute atomic E-state index is 11.8. The first-order chi connectivity index (χ1) is 9.15. The van der Waals surface area contributed by atoms with Crippen molar-refractivity contribution in [2.45, 2.75) is 13.8 Å². The Bertz CT molecular complexity index is 510. The molecule has 0 aliphatic carbocycles. The predicted molar refractivity (Wildman–Crippen MR) is 74.5 cm³/mol. The fourth-order valence-corrected chi connectivity index (χ4v) is 2.17. The first kappa shape index (κ1) is 13.7. The number of hydrogen-bond acceptors (Lipinski definition) is 3. The largest absolute Gasteiger partial charge is 0.454 e. The summed E-state index contributed by atoms with van der Waals surface area (Å²) in [5.41, 5.74) is 0.815. The van der Waals surface area contributed by atoms with E-state index in [9.17, 15) is 4.79 Å². The molecular formula is C14H16ClNO3. The van der Waals surface area contributed by atoms with Crippen LogP contribution in [0, 0.1) is 0 Å². The van der Waals surface area contributed by atoms with Crippen LogP contribution in [0.2, 0.25) is 5.02 Å². The van der Waals surface area contributed by atoms with Crippen molar-refractivity contribution in [2.75, 3.05) is 19.9 Å². The monoisotopic (exact) mass is 281 g/mol. The molecule has 2 rings (SSSR count). The summed E-state index contributed by atoms with van der Waals surface area (Å²) in [6.45, 7) is 5.48. The van der Waals surface area contributed by atoms with E-state index in [1.54, 1.807) is 29.2 Å². The third kappa shape index (κ3) is 3.01. The third-order valence-electron chi connectivity index (χ3n) is 2.94. The highest BCUT2D eigenvalue weighted by atomic mass is 35.5. The van der Waals surface area contributed by atoms with E-state index in [1.807, 2.05) is 13.8 Å². The third-order valence-corrected chi connectivity index (χ3v) is 3.22. The Hall–Kier alpha value is -1.68. The molecular weight excluding hydrogens is 266 g/mol. The van der Waals surface area contributed by atoms with Gasteiger partial charge in [-0.1, -0.05) is 11.6 Å². The summed E-state index contributed by atoms with van der Waals surface area (Å²) < 4.78 is 10.5. The van der Waals surface area contributed by atoms with Crippen LogP contribution in [0.5, 0.6) is 11.5 Å². The number of benzene rings is 1. The van der Waals surface area contributed by atoms with Crippen molar-refractivity contribution in [2.24, 2.45) is 0 Å². The van der Waals surface area contributed by atoms with Crippen LogP contribution in [0.3, 0.4) is 0 Å². The molecule has 0 saturated heterocycles. The summed E-state index contributed by atoms with van der Waals surface area (Å²) in [4.78, 5) is 13.6. The van der Waals surface area contributed by atoms with Gasteiger partial charge < -0.3 is 14.4 Å². The Morgan fingerprint density at radius 3 is 2.79 bits per heavy atom. The number of likely N-dealkylation sites (N-methyl/N-ethyl adjacent to an activating group) is 1. The van der Waals surface area contributed by atoms with Crippen LogP contribution in [-0.4, -0.2) is 30.7 Å². The normalized spacial score (nSPS) is 13.0. The van der Waals surface area contributed by atoms with E-state index in [2.05, 4.69) is 0 Å². The lowest BCUT2D eigenvalue weighted by Crippen LogP contribution is -2.28. The zero-order valence-corrected chi connectivity index (χ0v) is 11.7. The van der Waals surface area contributed by atoms with Crippen molar-refractivity contribution in [3.05, 3.63) is 28.8 Å². The number of rotatable bonds is 4. The number of carbonyl (C=O) groups excluding carboxylic acids is 1. The summed E-state index contributed by atoms with van der Waals surface area (Å²) >= 11 is 6.07. The molecule has 0 aromatic heterocycles. The molecule has 0 N–H and O–H groups in total. The lowest BCUT2D eigenvalue weighted by atomic mass is 10.2. The maximum Gasteiger partial charge on any atom is 0.246 e. The highest BCUT2D eigenvalue weighted by Crippen LogP contribution is 2.40. The Morgan fingerprint density at radius 2 is 2.11 bits per heavy atom. The molecule has 1 aliphatic rings. The molecule has 0 unspecified atom stereocenters. The number of fused-ring (bicyclic) bond motifs is 1. The molecule has 5 heteroatoms. The average molecular weight is 282 g/mol. The van der Waals surface area contributed by atoms with Crippen molar-refractivity contribution < 1.29 is 14.3 Å². The molecule has 0 fully saturated rings. The molecule has 1 aromatic carbocycles. The number of amides is 1. The Kier molecular flexibility index (Phi) is 4.32. The molecule has 19 heavy (non-hydrogen) atoms. The second kappa shape index (κ2) is 5.97. The van der Waals surface area contributed by atoms with Crippen molar-refractivity contribution in [3.63, 3.8) is 0 Å². The van der Waals surface area contributed by atoms with E-state index >= 15 is 0 Å². The summed E-state index contributed by atoms with van der Waals surface area (Å²) in [7, 11) is 0. The number of hydrogen-bond donors (Lipinski definition) is 0. The van der Waals surface area contributed by atoms with Crippen LogP contribution >= 0.6 is 11.6 Å². The van der Waals surface area contributed by atoms with Gasteiger partial charge in [0, 0.05) is 19.2 Å². The van der Waals surface area contributed by atoms with Crippen LogP contribution < -0.4 is 9.47 Å². The first-order valence-electron chi connectivity index (χ1n) is 6.21. The molecule has 4 nitrogen and oxygen atoms in total. The van der Waals surface area contributed by atoms with Gasteiger partial charge >= 0.3 is 0 Å². The van der Waals surface area contributed by atoms with Crippen LogP contribution in [0.25, 0.3) is 6.08 Å². The van der Waals surface area contributed by atoms with Gasteiger partial charge in [0.2, 0.25) is 12.7 Å². The van der Waals surface area contributed by atoms with Gasteiger partial charge in [0.15, 0.2) is 11.5 Å². The fraction of sp³-hybridized carbons (Fsp3) is 0.357. The maximum atomic E-state index is 11.8. The molecule has 0 radical (unpaired) electrons. The van der Waals surface area contributed by atoms with Gasteiger partial charge in [-0.05, 0) is 37.6 Å². The molecule has 1 aromatic rings. The number of halogens is 1. The van der Waals surface area contributed by atoms with E-state index < -0.39 is 0 Å².